The molecule has 7 nitrogen and oxygen atoms in total. The van der Waals surface area contributed by atoms with Gasteiger partial charge in [0.25, 0.3) is 0 Å². The second-order valence-corrected chi connectivity index (χ2v) is 6.95. The van der Waals surface area contributed by atoms with E-state index in [4.69, 9.17) is 11.6 Å². The molecule has 1 aromatic heterocycles. The van der Waals surface area contributed by atoms with Crippen molar-refractivity contribution in [2.75, 3.05) is 33.2 Å². The fourth-order valence-electron chi connectivity index (χ4n) is 3.11. The van der Waals surface area contributed by atoms with Crippen molar-refractivity contribution < 1.29 is 0 Å². The van der Waals surface area contributed by atoms with Gasteiger partial charge in [0.05, 0.1) is 6.54 Å². The standard InChI is InChI=1S/C18H26ClN7.HI/c1-14-22-23-17(24(14)3)12-21-18(20-2)26-9-7-25(8-10-26)13-15-5-4-6-16(19)11-15;/h4-6,11H,7-10,12-13H2,1-3H3,(H,20,21);1H. The van der Waals surface area contributed by atoms with Crippen LogP contribution in [0.4, 0.5) is 0 Å². The van der Waals surface area contributed by atoms with Crippen molar-refractivity contribution in [2.45, 2.75) is 20.0 Å². The fourth-order valence-corrected chi connectivity index (χ4v) is 3.32. The minimum absolute atomic E-state index is 0. The lowest BCUT2D eigenvalue weighted by molar-refractivity contribution is 0.172. The third-order valence-corrected chi connectivity index (χ3v) is 5.00. The van der Waals surface area contributed by atoms with E-state index in [0.717, 1.165) is 55.4 Å². The van der Waals surface area contributed by atoms with E-state index in [1.54, 1.807) is 0 Å². The van der Waals surface area contributed by atoms with E-state index in [2.05, 4.69) is 36.4 Å². The van der Waals surface area contributed by atoms with Crippen LogP contribution < -0.4 is 5.32 Å². The highest BCUT2D eigenvalue weighted by molar-refractivity contribution is 14.0. The second-order valence-electron chi connectivity index (χ2n) is 6.52. The third-order valence-electron chi connectivity index (χ3n) is 4.77. The molecule has 0 bridgehead atoms. The van der Waals surface area contributed by atoms with Gasteiger partial charge in [0, 0.05) is 51.8 Å². The molecule has 0 atom stereocenters. The molecular weight excluding hydrogens is 477 g/mol. The minimum Gasteiger partial charge on any atom is -0.349 e. The quantitative estimate of drug-likeness (QED) is 0.394. The van der Waals surface area contributed by atoms with Crippen molar-refractivity contribution in [3.05, 3.63) is 46.5 Å². The number of guanidine groups is 1. The van der Waals surface area contributed by atoms with Crippen molar-refractivity contribution in [3.8, 4) is 0 Å². The molecule has 0 unspecified atom stereocenters. The first-order valence-electron chi connectivity index (χ1n) is 8.84. The number of aryl methyl sites for hydroxylation is 1. The van der Waals surface area contributed by atoms with Gasteiger partial charge >= 0.3 is 0 Å². The fraction of sp³-hybridized carbons (Fsp3) is 0.500. The number of aromatic nitrogens is 3. The lowest BCUT2D eigenvalue weighted by Crippen LogP contribution is -2.52. The van der Waals surface area contributed by atoms with Crippen molar-refractivity contribution >= 4 is 41.5 Å². The maximum Gasteiger partial charge on any atom is 0.194 e. The molecule has 2 heterocycles. The Morgan fingerprint density at radius 2 is 1.96 bits per heavy atom. The molecule has 1 aromatic carbocycles. The summed E-state index contributed by atoms with van der Waals surface area (Å²) in [6.07, 6.45) is 0. The Kier molecular flexibility index (Phi) is 8.30. The van der Waals surface area contributed by atoms with E-state index in [-0.39, 0.29) is 24.0 Å². The summed E-state index contributed by atoms with van der Waals surface area (Å²) in [6.45, 7) is 7.37. The smallest absolute Gasteiger partial charge is 0.194 e. The van der Waals surface area contributed by atoms with Gasteiger partial charge < -0.3 is 14.8 Å². The first-order valence-corrected chi connectivity index (χ1v) is 9.22. The van der Waals surface area contributed by atoms with Crippen LogP contribution in [-0.2, 0) is 20.1 Å². The van der Waals surface area contributed by atoms with E-state index in [9.17, 15) is 0 Å². The largest absolute Gasteiger partial charge is 0.349 e. The molecule has 1 aliphatic rings. The van der Waals surface area contributed by atoms with Crippen LogP contribution in [0.3, 0.4) is 0 Å². The summed E-state index contributed by atoms with van der Waals surface area (Å²) in [6, 6.07) is 8.09. The van der Waals surface area contributed by atoms with E-state index < -0.39 is 0 Å². The van der Waals surface area contributed by atoms with Gasteiger partial charge in [0.15, 0.2) is 11.8 Å². The summed E-state index contributed by atoms with van der Waals surface area (Å²) in [5.41, 5.74) is 1.26. The number of hydrogen-bond acceptors (Lipinski definition) is 4. The Balaban J connectivity index is 0.00000261. The minimum atomic E-state index is 0. The summed E-state index contributed by atoms with van der Waals surface area (Å²) < 4.78 is 1.99. The Labute approximate surface area is 182 Å². The number of hydrogen-bond donors (Lipinski definition) is 1. The zero-order valence-corrected chi connectivity index (χ0v) is 19.1. The van der Waals surface area contributed by atoms with Gasteiger partial charge in [0.1, 0.15) is 5.82 Å². The van der Waals surface area contributed by atoms with Crippen LogP contribution in [0, 0.1) is 6.92 Å². The van der Waals surface area contributed by atoms with Gasteiger partial charge in [-0.25, -0.2) is 0 Å². The van der Waals surface area contributed by atoms with Gasteiger partial charge in [-0.1, -0.05) is 23.7 Å². The molecule has 148 valence electrons. The monoisotopic (exact) mass is 503 g/mol. The topological polar surface area (TPSA) is 61.6 Å². The SMILES string of the molecule is CN=C(NCc1nnc(C)n1C)N1CCN(Cc2cccc(Cl)c2)CC1.I. The highest BCUT2D eigenvalue weighted by Gasteiger charge is 2.20. The zero-order chi connectivity index (χ0) is 18.5. The maximum absolute atomic E-state index is 6.08. The zero-order valence-electron chi connectivity index (χ0n) is 16.0. The number of aliphatic imine (C=N–C) groups is 1. The van der Waals surface area contributed by atoms with Gasteiger partial charge in [-0.2, -0.15) is 0 Å². The molecule has 9 heteroatoms. The molecule has 0 radical (unpaired) electrons. The Bertz CT molecular complexity index is 769. The van der Waals surface area contributed by atoms with Crippen LogP contribution in [0.5, 0.6) is 0 Å². The summed E-state index contributed by atoms with van der Waals surface area (Å²) in [5, 5.41) is 12.5. The number of piperazine rings is 1. The van der Waals surface area contributed by atoms with Crippen LogP contribution in [0.1, 0.15) is 17.2 Å². The van der Waals surface area contributed by atoms with Crippen molar-refractivity contribution in [2.24, 2.45) is 12.0 Å². The molecular formula is C18H27ClIN7. The molecule has 1 aliphatic heterocycles. The van der Waals surface area contributed by atoms with Gasteiger partial charge in [0.2, 0.25) is 0 Å². The van der Waals surface area contributed by atoms with Crippen LogP contribution in [0.2, 0.25) is 5.02 Å². The van der Waals surface area contributed by atoms with Crippen LogP contribution >= 0.6 is 35.6 Å². The number of rotatable bonds is 4. The number of nitrogens with zero attached hydrogens (tertiary/aromatic N) is 6. The Morgan fingerprint density at radius 3 is 2.56 bits per heavy atom. The molecule has 0 amide bonds. The molecule has 2 aromatic rings. The average Bonchev–Trinajstić information content (AvgIpc) is 2.96. The molecule has 1 saturated heterocycles. The van der Waals surface area contributed by atoms with E-state index in [1.807, 2.05) is 43.8 Å². The molecule has 1 fully saturated rings. The van der Waals surface area contributed by atoms with Crippen LogP contribution in [0.25, 0.3) is 0 Å². The van der Waals surface area contributed by atoms with Crippen LogP contribution in [-0.4, -0.2) is 63.8 Å². The summed E-state index contributed by atoms with van der Waals surface area (Å²) in [5.74, 6) is 2.72. The van der Waals surface area contributed by atoms with Gasteiger partial charge in [-0.05, 0) is 24.6 Å². The van der Waals surface area contributed by atoms with E-state index >= 15 is 0 Å². The van der Waals surface area contributed by atoms with Crippen molar-refractivity contribution in [3.63, 3.8) is 0 Å². The van der Waals surface area contributed by atoms with Crippen molar-refractivity contribution in [1.82, 2.24) is 29.9 Å². The maximum atomic E-state index is 6.08. The van der Waals surface area contributed by atoms with Gasteiger partial charge in [-0.3, -0.25) is 9.89 Å². The molecule has 27 heavy (non-hydrogen) atoms. The first kappa shape index (κ1) is 21.9. The molecule has 0 saturated carbocycles. The van der Waals surface area contributed by atoms with Crippen LogP contribution in [0.15, 0.2) is 29.3 Å². The average molecular weight is 504 g/mol. The van der Waals surface area contributed by atoms with Crippen molar-refractivity contribution in [1.29, 1.82) is 0 Å². The summed E-state index contributed by atoms with van der Waals surface area (Å²) in [7, 11) is 3.80. The van der Waals surface area contributed by atoms with E-state index in [1.165, 1.54) is 5.56 Å². The summed E-state index contributed by atoms with van der Waals surface area (Å²) in [4.78, 5) is 9.16. The number of halogens is 2. The normalized spacial score (nSPS) is 15.6. The molecule has 3 rings (SSSR count). The predicted molar refractivity (Wildman–Crippen MR) is 120 cm³/mol. The van der Waals surface area contributed by atoms with E-state index in [0.29, 0.717) is 6.54 Å². The third kappa shape index (κ3) is 5.79. The first-order chi connectivity index (χ1) is 12.6. The lowest BCUT2D eigenvalue weighted by Gasteiger charge is -2.36. The summed E-state index contributed by atoms with van der Waals surface area (Å²) >= 11 is 6.08. The Morgan fingerprint density at radius 1 is 1.22 bits per heavy atom. The Hall–Kier alpha value is -1.39. The van der Waals surface area contributed by atoms with Gasteiger partial charge in [-0.15, -0.1) is 34.2 Å². The molecule has 0 aliphatic carbocycles. The number of nitrogens with one attached hydrogen (secondary N) is 1. The number of benzene rings is 1. The molecule has 0 spiro atoms. The predicted octanol–water partition coefficient (Wildman–Crippen LogP) is 2.29. The lowest BCUT2D eigenvalue weighted by atomic mass is 10.2. The highest BCUT2D eigenvalue weighted by atomic mass is 127. The highest BCUT2D eigenvalue weighted by Crippen LogP contribution is 2.14. The second kappa shape index (κ2) is 10.2. The molecule has 1 N–H and O–H groups in total.